The van der Waals surface area contributed by atoms with E-state index in [0.717, 1.165) is 0 Å². The third-order valence-corrected chi connectivity index (χ3v) is 6.34. The highest BCUT2D eigenvalue weighted by molar-refractivity contribution is 6.04. The summed E-state index contributed by atoms with van der Waals surface area (Å²) >= 11 is 0. The van der Waals surface area contributed by atoms with E-state index in [1.165, 1.54) is 11.1 Å². The maximum absolute atomic E-state index is 12.5. The highest BCUT2D eigenvalue weighted by Crippen LogP contribution is 2.58. The first-order valence-corrected chi connectivity index (χ1v) is 10.2. The number of primary amides is 1. The number of ether oxygens (including phenoxy) is 1. The number of pyridine rings is 1. The number of hydrogen-bond acceptors (Lipinski definition) is 5. The average Bonchev–Trinajstić information content (AvgIpc) is 2.89. The molecule has 1 aliphatic heterocycles. The summed E-state index contributed by atoms with van der Waals surface area (Å²) in [6.45, 7) is 0. The number of alkyl halides is 3. The van der Waals surface area contributed by atoms with E-state index < -0.39 is 36.5 Å². The zero-order valence-corrected chi connectivity index (χ0v) is 16.7. The molecule has 2 saturated carbocycles. The molecule has 4 amide bonds. The van der Waals surface area contributed by atoms with E-state index in [1.54, 1.807) is 12.1 Å². The van der Waals surface area contributed by atoms with Gasteiger partial charge >= 0.3 is 12.2 Å². The minimum atomic E-state index is -4.28. The third kappa shape index (κ3) is 4.31. The molecular weight excluding hydrogens is 417 g/mol. The van der Waals surface area contributed by atoms with Crippen molar-refractivity contribution in [3.8, 4) is 5.88 Å². The summed E-state index contributed by atoms with van der Waals surface area (Å²) < 4.78 is 42.7. The van der Waals surface area contributed by atoms with E-state index in [2.05, 4.69) is 10.3 Å². The van der Waals surface area contributed by atoms with Crippen molar-refractivity contribution < 1.29 is 32.3 Å². The Labute approximate surface area is 176 Å². The standard InChI is InChI=1S/C20H23F3N4O4/c21-20(22,23)5-1-4-14-17(29)27(18(30)26-14)11-7-19(8-11)9-12(10-19)31-16-13(15(24)28)3-2-6-25-16/h2-3,6,11-12,14H,1,4-5,7-10H2,(H2,24,28)(H,26,30)/t11-,12-,14?,19?. The number of urea groups is 1. The monoisotopic (exact) mass is 440 g/mol. The fourth-order valence-corrected chi connectivity index (χ4v) is 4.87. The minimum absolute atomic E-state index is 0.0272. The smallest absolute Gasteiger partial charge is 0.389 e. The van der Waals surface area contributed by atoms with Gasteiger partial charge in [-0.1, -0.05) is 0 Å². The van der Waals surface area contributed by atoms with E-state index in [0.29, 0.717) is 25.7 Å². The Morgan fingerprint density at radius 3 is 2.65 bits per heavy atom. The van der Waals surface area contributed by atoms with Gasteiger partial charge in [-0.05, 0) is 56.1 Å². The number of nitrogens with one attached hydrogen (secondary N) is 1. The fraction of sp³-hybridized carbons (Fsp3) is 0.600. The second kappa shape index (κ2) is 7.69. The van der Waals surface area contributed by atoms with Gasteiger partial charge in [0.25, 0.3) is 11.8 Å². The summed E-state index contributed by atoms with van der Waals surface area (Å²) in [7, 11) is 0. The first kappa shape index (κ1) is 21.4. The summed E-state index contributed by atoms with van der Waals surface area (Å²) in [6.07, 6.45) is -1.43. The number of halogens is 3. The van der Waals surface area contributed by atoms with Crippen molar-refractivity contribution in [3.63, 3.8) is 0 Å². The molecule has 0 aromatic carbocycles. The molecular formula is C20H23F3N4O4. The number of carbonyl (C=O) groups is 3. The molecule has 0 radical (unpaired) electrons. The Hall–Kier alpha value is -2.85. The van der Waals surface area contributed by atoms with Crippen molar-refractivity contribution in [1.29, 1.82) is 0 Å². The highest BCUT2D eigenvalue weighted by atomic mass is 19.4. The van der Waals surface area contributed by atoms with Gasteiger partial charge in [-0.15, -0.1) is 0 Å². The molecule has 3 fully saturated rings. The van der Waals surface area contributed by atoms with Gasteiger partial charge in [-0.25, -0.2) is 9.78 Å². The maximum atomic E-state index is 12.5. The lowest BCUT2D eigenvalue weighted by Crippen LogP contribution is -2.60. The lowest BCUT2D eigenvalue weighted by Gasteiger charge is -2.58. The van der Waals surface area contributed by atoms with Crippen molar-refractivity contribution in [2.24, 2.45) is 11.1 Å². The molecule has 8 nitrogen and oxygen atoms in total. The van der Waals surface area contributed by atoms with Crippen molar-refractivity contribution in [2.45, 2.75) is 69.3 Å². The predicted molar refractivity (Wildman–Crippen MR) is 101 cm³/mol. The third-order valence-electron chi connectivity index (χ3n) is 6.34. The fourth-order valence-electron chi connectivity index (χ4n) is 4.87. The van der Waals surface area contributed by atoms with Crippen molar-refractivity contribution in [3.05, 3.63) is 23.9 Å². The zero-order chi connectivity index (χ0) is 22.4. The Morgan fingerprint density at radius 2 is 2.00 bits per heavy atom. The van der Waals surface area contributed by atoms with Crippen LogP contribution in [0.3, 0.4) is 0 Å². The van der Waals surface area contributed by atoms with Crippen LogP contribution in [-0.2, 0) is 4.79 Å². The van der Waals surface area contributed by atoms with Gasteiger partial charge in [-0.2, -0.15) is 13.2 Å². The van der Waals surface area contributed by atoms with Crippen LogP contribution >= 0.6 is 0 Å². The second-order valence-electron chi connectivity index (χ2n) is 8.65. The molecule has 1 aromatic rings. The zero-order valence-electron chi connectivity index (χ0n) is 16.7. The summed E-state index contributed by atoms with van der Waals surface area (Å²) in [4.78, 5) is 41.4. The van der Waals surface area contributed by atoms with Crippen molar-refractivity contribution in [2.75, 3.05) is 0 Å². The number of imide groups is 1. The van der Waals surface area contributed by atoms with Gasteiger partial charge < -0.3 is 15.8 Å². The molecule has 1 unspecified atom stereocenters. The van der Waals surface area contributed by atoms with Crippen LogP contribution in [0.25, 0.3) is 0 Å². The highest BCUT2D eigenvalue weighted by Gasteiger charge is 2.58. The van der Waals surface area contributed by atoms with Gasteiger partial charge in [0.05, 0.1) is 0 Å². The van der Waals surface area contributed by atoms with Crippen LogP contribution in [0.15, 0.2) is 18.3 Å². The normalized spacial score (nSPS) is 30.0. The summed E-state index contributed by atoms with van der Waals surface area (Å²) in [5.41, 5.74) is 5.51. The van der Waals surface area contributed by atoms with E-state index >= 15 is 0 Å². The van der Waals surface area contributed by atoms with Crippen molar-refractivity contribution >= 4 is 17.8 Å². The van der Waals surface area contributed by atoms with Crippen molar-refractivity contribution in [1.82, 2.24) is 15.2 Å². The number of amides is 4. The summed E-state index contributed by atoms with van der Waals surface area (Å²) in [5, 5.41) is 2.50. The number of nitrogens with zero attached hydrogens (tertiary/aromatic N) is 2. The molecule has 31 heavy (non-hydrogen) atoms. The molecule has 1 saturated heterocycles. The van der Waals surface area contributed by atoms with E-state index in [4.69, 9.17) is 10.5 Å². The van der Waals surface area contributed by atoms with Gasteiger partial charge in [-0.3, -0.25) is 14.5 Å². The van der Waals surface area contributed by atoms with Crippen LogP contribution in [0.2, 0.25) is 0 Å². The summed E-state index contributed by atoms with van der Waals surface area (Å²) in [6, 6.07) is 1.47. The first-order valence-electron chi connectivity index (χ1n) is 10.2. The molecule has 3 aliphatic rings. The van der Waals surface area contributed by atoms with Gasteiger partial charge in [0, 0.05) is 18.7 Å². The van der Waals surface area contributed by atoms with Crippen LogP contribution in [0.5, 0.6) is 5.88 Å². The van der Waals surface area contributed by atoms with E-state index in [9.17, 15) is 27.6 Å². The SMILES string of the molecule is NC(=O)c1cccnc1O[C@H]1CC2(C1)C[C@H](N1C(=O)NC(CCCC(F)(F)F)C1=O)C2. The molecule has 2 heterocycles. The van der Waals surface area contributed by atoms with Gasteiger partial charge in [0.15, 0.2) is 0 Å². The number of nitrogens with two attached hydrogens (primary N) is 1. The average molecular weight is 440 g/mol. The van der Waals surface area contributed by atoms with E-state index in [1.807, 2.05) is 0 Å². The molecule has 1 aromatic heterocycles. The number of rotatable bonds is 7. The van der Waals surface area contributed by atoms with Gasteiger partial charge in [0.1, 0.15) is 17.7 Å². The molecule has 1 atom stereocenters. The van der Waals surface area contributed by atoms with Crippen LogP contribution < -0.4 is 15.8 Å². The molecule has 3 N–H and O–H groups in total. The summed E-state index contributed by atoms with van der Waals surface area (Å²) in [5.74, 6) is -0.871. The molecule has 2 aliphatic carbocycles. The molecule has 1 spiro atoms. The quantitative estimate of drug-likeness (QED) is 0.633. The van der Waals surface area contributed by atoms with Crippen LogP contribution in [0.4, 0.5) is 18.0 Å². The molecule has 0 bridgehead atoms. The lowest BCUT2D eigenvalue weighted by molar-refractivity contribution is -0.143. The lowest BCUT2D eigenvalue weighted by atomic mass is 9.52. The van der Waals surface area contributed by atoms with Crippen LogP contribution in [-0.4, -0.2) is 52.1 Å². The first-order chi connectivity index (χ1) is 14.6. The van der Waals surface area contributed by atoms with Gasteiger partial charge in [0.2, 0.25) is 5.88 Å². The number of hydrogen-bond donors (Lipinski definition) is 2. The molecule has 4 rings (SSSR count). The number of aromatic nitrogens is 1. The Morgan fingerprint density at radius 1 is 1.29 bits per heavy atom. The Balaban J connectivity index is 1.26. The molecule has 11 heteroatoms. The van der Waals surface area contributed by atoms with Crippen LogP contribution in [0, 0.1) is 5.41 Å². The maximum Gasteiger partial charge on any atom is 0.389 e. The Kier molecular flexibility index (Phi) is 5.30. The van der Waals surface area contributed by atoms with E-state index in [-0.39, 0.29) is 41.8 Å². The second-order valence-corrected chi connectivity index (χ2v) is 8.65. The topological polar surface area (TPSA) is 115 Å². The predicted octanol–water partition coefficient (Wildman–Crippen LogP) is 2.52. The molecule has 168 valence electrons. The number of carbonyl (C=O) groups excluding carboxylic acids is 3. The largest absolute Gasteiger partial charge is 0.474 e. The minimum Gasteiger partial charge on any atom is -0.474 e. The Bertz CT molecular complexity index is 893. The van der Waals surface area contributed by atoms with Crippen LogP contribution in [0.1, 0.15) is 55.3 Å².